The van der Waals surface area contributed by atoms with E-state index in [0.717, 1.165) is 5.39 Å². The summed E-state index contributed by atoms with van der Waals surface area (Å²) in [4.78, 5) is 46.1. The van der Waals surface area contributed by atoms with Crippen LogP contribution in [-0.2, 0) is 27.2 Å². The Morgan fingerprint density at radius 1 is 1.24 bits per heavy atom. The van der Waals surface area contributed by atoms with Crippen LogP contribution in [0, 0.1) is 5.82 Å². The first-order chi connectivity index (χ1) is 17.9. The van der Waals surface area contributed by atoms with Gasteiger partial charge in [0.05, 0.1) is 24.9 Å². The van der Waals surface area contributed by atoms with E-state index in [1.807, 2.05) is 0 Å². The zero-order valence-corrected chi connectivity index (χ0v) is 20.0. The molecule has 2 aliphatic heterocycles. The summed E-state index contributed by atoms with van der Waals surface area (Å²) in [6, 6.07) is 6.20. The van der Waals surface area contributed by atoms with Crippen molar-refractivity contribution >= 4 is 34.5 Å². The topological polar surface area (TPSA) is 137 Å². The molecule has 13 heteroatoms. The number of hydrogen-bond acceptors (Lipinski definition) is 9. The molecule has 0 saturated carbocycles. The number of halogens is 1. The highest BCUT2D eigenvalue weighted by atomic mass is 19.1. The second kappa shape index (κ2) is 10.5. The third-order valence-corrected chi connectivity index (χ3v) is 6.12. The Balaban J connectivity index is 1.22. The van der Waals surface area contributed by atoms with Gasteiger partial charge in [0.2, 0.25) is 0 Å². The predicted molar refractivity (Wildman–Crippen MR) is 130 cm³/mol. The molecule has 1 aromatic carbocycles. The summed E-state index contributed by atoms with van der Waals surface area (Å²) < 4.78 is 32.1. The lowest BCUT2D eigenvalue weighted by Gasteiger charge is -2.18. The molecule has 1 atom stereocenters. The predicted octanol–water partition coefficient (Wildman–Crippen LogP) is 1.07. The van der Waals surface area contributed by atoms with Gasteiger partial charge in [-0.25, -0.2) is 19.2 Å². The van der Waals surface area contributed by atoms with E-state index in [4.69, 9.17) is 14.2 Å². The number of ether oxygens (including phenoxy) is 3. The third kappa shape index (κ3) is 5.08. The largest absolute Gasteiger partial charge is 0.465 e. The summed E-state index contributed by atoms with van der Waals surface area (Å²) in [6.45, 7) is 1.42. The molecule has 0 bridgehead atoms. The van der Waals surface area contributed by atoms with Gasteiger partial charge in [0.15, 0.2) is 18.2 Å². The summed E-state index contributed by atoms with van der Waals surface area (Å²) in [7, 11) is 1.54. The molecule has 37 heavy (non-hydrogen) atoms. The highest BCUT2D eigenvalue weighted by Gasteiger charge is 2.34. The zero-order valence-electron chi connectivity index (χ0n) is 20.0. The number of benzene rings is 1. The van der Waals surface area contributed by atoms with Crippen molar-refractivity contribution in [2.24, 2.45) is 0 Å². The number of carbonyl (C=O) groups excluding carboxylic acids is 2. The quantitative estimate of drug-likeness (QED) is 0.403. The minimum Gasteiger partial charge on any atom is -0.465 e. The number of pyridine rings is 1. The van der Waals surface area contributed by atoms with E-state index in [9.17, 15) is 18.8 Å². The standard InChI is InChI=1S/C24H25FN6O6/c1-35-9-8-30-20(33)5-3-14-2-4-17(25)16(21(14)30)6-7-26-10-15-12-31(24(34)37-15)18-11-27-23-22(28-18)29-19(32)13-36-23/h2-5,11,15,26H,6-10,12-13H2,1H3,(H,28,29,32)/t15-/m1/s1. The molecule has 2 aromatic heterocycles. The fraction of sp³-hybridized carbons (Fsp3) is 0.375. The summed E-state index contributed by atoms with van der Waals surface area (Å²) in [5.41, 5.74) is 0.753. The molecule has 12 nitrogen and oxygen atoms in total. The molecule has 2 amide bonds. The van der Waals surface area contributed by atoms with E-state index in [2.05, 4.69) is 20.6 Å². The van der Waals surface area contributed by atoms with Crippen LogP contribution in [-0.4, -0.2) is 72.6 Å². The summed E-state index contributed by atoms with van der Waals surface area (Å²) in [5.74, 6) is -0.203. The molecule has 3 aromatic rings. The van der Waals surface area contributed by atoms with Crippen LogP contribution >= 0.6 is 0 Å². The van der Waals surface area contributed by atoms with E-state index < -0.39 is 18.0 Å². The lowest BCUT2D eigenvalue weighted by atomic mass is 10.1. The van der Waals surface area contributed by atoms with E-state index >= 15 is 0 Å². The highest BCUT2D eigenvalue weighted by molar-refractivity contribution is 5.94. The lowest BCUT2D eigenvalue weighted by molar-refractivity contribution is -0.118. The molecule has 1 fully saturated rings. The Morgan fingerprint density at radius 2 is 2.08 bits per heavy atom. The zero-order chi connectivity index (χ0) is 25.9. The van der Waals surface area contributed by atoms with E-state index in [1.54, 1.807) is 19.2 Å². The molecule has 2 N–H and O–H groups in total. The molecule has 0 spiro atoms. The fourth-order valence-corrected chi connectivity index (χ4v) is 4.37. The van der Waals surface area contributed by atoms with Gasteiger partial charge in [0, 0.05) is 31.8 Å². The van der Waals surface area contributed by atoms with Crippen molar-refractivity contribution in [3.63, 3.8) is 0 Å². The molecule has 0 unspecified atom stereocenters. The van der Waals surface area contributed by atoms with Crippen LogP contribution < -0.4 is 25.8 Å². The number of hydrogen-bond donors (Lipinski definition) is 2. The Morgan fingerprint density at radius 3 is 2.92 bits per heavy atom. The van der Waals surface area contributed by atoms with Crippen molar-refractivity contribution in [2.45, 2.75) is 19.1 Å². The fourth-order valence-electron chi connectivity index (χ4n) is 4.37. The normalized spacial score (nSPS) is 16.9. The van der Waals surface area contributed by atoms with Crippen LogP contribution in [0.2, 0.25) is 0 Å². The van der Waals surface area contributed by atoms with Gasteiger partial charge in [0.1, 0.15) is 11.9 Å². The molecule has 5 rings (SSSR count). The maximum Gasteiger partial charge on any atom is 0.416 e. The molecule has 2 aliphatic rings. The van der Waals surface area contributed by atoms with Crippen LogP contribution in [0.3, 0.4) is 0 Å². The second-order valence-corrected chi connectivity index (χ2v) is 8.57. The van der Waals surface area contributed by atoms with Crippen molar-refractivity contribution in [1.82, 2.24) is 19.9 Å². The molecule has 4 heterocycles. The van der Waals surface area contributed by atoms with Crippen molar-refractivity contribution < 1.29 is 28.2 Å². The molecule has 0 radical (unpaired) electrons. The number of fused-ring (bicyclic) bond motifs is 2. The Kier molecular flexibility index (Phi) is 6.97. The third-order valence-electron chi connectivity index (χ3n) is 6.12. The average Bonchev–Trinajstić information content (AvgIpc) is 3.26. The van der Waals surface area contributed by atoms with Crippen molar-refractivity contribution in [3.05, 3.63) is 52.2 Å². The maximum absolute atomic E-state index is 14.8. The molecule has 194 valence electrons. The minimum atomic E-state index is -0.591. The van der Waals surface area contributed by atoms with Gasteiger partial charge in [-0.1, -0.05) is 0 Å². The average molecular weight is 512 g/mol. The number of rotatable bonds is 9. The second-order valence-electron chi connectivity index (χ2n) is 8.57. The first-order valence-electron chi connectivity index (χ1n) is 11.7. The number of amides is 2. The molecular formula is C24H25FN6O6. The number of anilines is 2. The van der Waals surface area contributed by atoms with Gasteiger partial charge < -0.3 is 29.4 Å². The van der Waals surface area contributed by atoms with Crippen molar-refractivity contribution in [2.75, 3.05) is 50.2 Å². The summed E-state index contributed by atoms with van der Waals surface area (Å²) in [5, 5.41) is 6.52. The van der Waals surface area contributed by atoms with Crippen molar-refractivity contribution in [3.8, 4) is 5.88 Å². The van der Waals surface area contributed by atoms with Gasteiger partial charge in [-0.05, 0) is 36.6 Å². The highest BCUT2D eigenvalue weighted by Crippen LogP contribution is 2.27. The number of nitrogens with zero attached hydrogens (tertiary/aromatic N) is 4. The van der Waals surface area contributed by atoms with Crippen LogP contribution in [0.15, 0.2) is 35.3 Å². The lowest BCUT2D eigenvalue weighted by Crippen LogP contribution is -2.33. The van der Waals surface area contributed by atoms with Gasteiger partial charge >= 0.3 is 6.09 Å². The Labute approximate surface area is 210 Å². The first kappa shape index (κ1) is 24.6. The van der Waals surface area contributed by atoms with Gasteiger partial charge in [-0.15, -0.1) is 0 Å². The van der Waals surface area contributed by atoms with Gasteiger partial charge in [0.25, 0.3) is 17.3 Å². The minimum absolute atomic E-state index is 0.143. The number of carbonyl (C=O) groups is 2. The SMILES string of the molecule is COCCn1c(=O)ccc2ccc(F)c(CCNC[C@@H]3CN(c4cnc5c(n4)NC(=O)CO5)C(=O)O3)c21. The number of aromatic nitrogens is 3. The molecule has 1 saturated heterocycles. The summed E-state index contributed by atoms with van der Waals surface area (Å²) >= 11 is 0. The number of nitrogens with one attached hydrogen (secondary N) is 2. The number of cyclic esters (lactones) is 1. The smallest absolute Gasteiger partial charge is 0.416 e. The van der Waals surface area contributed by atoms with Gasteiger partial charge in [-0.2, -0.15) is 0 Å². The van der Waals surface area contributed by atoms with Crippen LogP contribution in [0.25, 0.3) is 10.9 Å². The maximum atomic E-state index is 14.8. The van der Waals surface area contributed by atoms with E-state index in [0.29, 0.717) is 43.7 Å². The van der Waals surface area contributed by atoms with E-state index in [-0.39, 0.29) is 42.1 Å². The monoisotopic (exact) mass is 512 g/mol. The Bertz CT molecular complexity index is 1410. The van der Waals surface area contributed by atoms with E-state index in [1.165, 1.54) is 27.8 Å². The van der Waals surface area contributed by atoms with Gasteiger partial charge in [-0.3, -0.25) is 14.5 Å². The number of methoxy groups -OCH3 is 1. The van der Waals surface area contributed by atoms with Crippen LogP contribution in [0.5, 0.6) is 5.88 Å². The van der Waals surface area contributed by atoms with Crippen LogP contribution in [0.4, 0.5) is 20.8 Å². The molecular weight excluding hydrogens is 487 g/mol. The van der Waals surface area contributed by atoms with Crippen molar-refractivity contribution in [1.29, 1.82) is 0 Å². The first-order valence-corrected chi connectivity index (χ1v) is 11.7. The summed E-state index contributed by atoms with van der Waals surface area (Å²) in [6.07, 6.45) is 0.625. The van der Waals surface area contributed by atoms with Crippen LogP contribution in [0.1, 0.15) is 5.56 Å². The molecule has 0 aliphatic carbocycles. The Hall–Kier alpha value is -4.10.